The number of amides is 1. The summed E-state index contributed by atoms with van der Waals surface area (Å²) in [5, 5.41) is 8.82. The first kappa shape index (κ1) is 18.1. The van der Waals surface area contributed by atoms with Gasteiger partial charge in [0.2, 0.25) is 0 Å². The number of likely N-dealkylation sites (tertiary alicyclic amines) is 1. The fraction of sp³-hybridized carbons (Fsp3) is 0.364. The Morgan fingerprint density at radius 3 is 2.83 bits per heavy atom. The number of piperidine rings is 1. The van der Waals surface area contributed by atoms with Gasteiger partial charge in [0, 0.05) is 18.7 Å². The Bertz CT molecular complexity index is 1020. The third-order valence-corrected chi connectivity index (χ3v) is 6.18. The summed E-state index contributed by atoms with van der Waals surface area (Å²) in [6.45, 7) is 2.76. The molecule has 0 unspecified atom stereocenters. The predicted molar refractivity (Wildman–Crippen MR) is 108 cm³/mol. The van der Waals surface area contributed by atoms with Gasteiger partial charge in [-0.15, -0.1) is 0 Å². The van der Waals surface area contributed by atoms with Crippen molar-refractivity contribution in [3.63, 3.8) is 0 Å². The molecule has 1 aromatic heterocycles. The normalized spacial score (nSPS) is 18.4. The van der Waals surface area contributed by atoms with Crippen LogP contribution in [-0.4, -0.2) is 44.7 Å². The summed E-state index contributed by atoms with van der Waals surface area (Å²) >= 11 is 0. The first-order chi connectivity index (χ1) is 14.1. The van der Waals surface area contributed by atoms with Crippen LogP contribution in [0.2, 0.25) is 0 Å². The molecule has 1 amide bonds. The van der Waals surface area contributed by atoms with E-state index < -0.39 is 5.91 Å². The number of ether oxygens (including phenoxy) is 1. The van der Waals surface area contributed by atoms with Crippen molar-refractivity contribution in [2.24, 2.45) is 0 Å². The third-order valence-electron chi connectivity index (χ3n) is 6.18. The molecule has 3 aromatic rings. The number of carbonyl (C=O) groups excluding carboxylic acids is 1. The summed E-state index contributed by atoms with van der Waals surface area (Å²) in [6, 6.07) is 13.5. The second-order valence-electron chi connectivity index (χ2n) is 8.03. The first-order valence-electron chi connectivity index (χ1n) is 10.1. The van der Waals surface area contributed by atoms with Crippen LogP contribution in [0.3, 0.4) is 0 Å². The lowest BCUT2D eigenvalue weighted by molar-refractivity contribution is -0.0168. The highest BCUT2D eigenvalue weighted by Crippen LogP contribution is 2.39. The number of hydroxylamine groups is 1. The number of nitrogens with one attached hydrogen (secondary N) is 2. The zero-order chi connectivity index (χ0) is 19.8. The minimum Gasteiger partial charge on any atom is -0.487 e. The number of nitrogens with zero attached hydrogens (tertiary/aromatic N) is 2. The van der Waals surface area contributed by atoms with Crippen molar-refractivity contribution >= 4 is 16.9 Å². The number of rotatable bonds is 3. The molecule has 1 fully saturated rings. The fourth-order valence-electron chi connectivity index (χ4n) is 4.49. The van der Waals surface area contributed by atoms with E-state index in [1.807, 2.05) is 30.3 Å². The van der Waals surface area contributed by atoms with E-state index in [4.69, 9.17) is 14.9 Å². The van der Waals surface area contributed by atoms with Crippen molar-refractivity contribution in [3.05, 3.63) is 59.4 Å². The second-order valence-corrected chi connectivity index (χ2v) is 8.03. The smallest absolute Gasteiger partial charge is 0.274 e. The molecular weight excluding hydrogens is 368 g/mol. The molecule has 0 bridgehead atoms. The quantitative estimate of drug-likeness (QED) is 0.471. The fourth-order valence-corrected chi connectivity index (χ4v) is 4.49. The molecule has 5 rings (SSSR count). The highest BCUT2D eigenvalue weighted by Gasteiger charge is 2.39. The lowest BCUT2D eigenvalue weighted by Crippen LogP contribution is -2.49. The predicted octanol–water partition coefficient (Wildman–Crippen LogP) is 3.04. The van der Waals surface area contributed by atoms with E-state index in [1.54, 1.807) is 11.5 Å². The van der Waals surface area contributed by atoms with Crippen LogP contribution in [0.1, 0.15) is 41.0 Å². The van der Waals surface area contributed by atoms with Crippen LogP contribution in [0.5, 0.6) is 5.75 Å². The largest absolute Gasteiger partial charge is 0.487 e. The molecule has 2 aliphatic heterocycles. The number of H-pyrrole nitrogens is 1. The number of benzene rings is 2. The molecule has 1 saturated heterocycles. The molecule has 1 spiro atoms. The first-order valence-corrected chi connectivity index (χ1v) is 10.1. The molecule has 2 aromatic carbocycles. The lowest BCUT2D eigenvalue weighted by atomic mass is 9.83. The van der Waals surface area contributed by atoms with Crippen LogP contribution in [0, 0.1) is 0 Å². The molecule has 3 heterocycles. The zero-order valence-electron chi connectivity index (χ0n) is 16.1. The summed E-state index contributed by atoms with van der Waals surface area (Å²) < 4.78 is 6.43. The Kier molecular flexibility index (Phi) is 4.49. The molecule has 0 aliphatic carbocycles. The van der Waals surface area contributed by atoms with Crippen molar-refractivity contribution in [1.29, 1.82) is 0 Å². The summed E-state index contributed by atoms with van der Waals surface area (Å²) in [7, 11) is 0. The Morgan fingerprint density at radius 1 is 1.21 bits per heavy atom. The van der Waals surface area contributed by atoms with Gasteiger partial charge in [-0.05, 0) is 61.6 Å². The van der Waals surface area contributed by atoms with Gasteiger partial charge < -0.3 is 9.72 Å². The minimum absolute atomic E-state index is 0.127. The summed E-state index contributed by atoms with van der Waals surface area (Å²) in [4.78, 5) is 22.2. The molecule has 29 heavy (non-hydrogen) atoms. The molecular formula is C22H24N4O3. The Morgan fingerprint density at radius 2 is 2.03 bits per heavy atom. The van der Waals surface area contributed by atoms with E-state index in [0.29, 0.717) is 5.56 Å². The molecule has 3 N–H and O–H groups in total. The maximum Gasteiger partial charge on any atom is 0.274 e. The molecule has 0 atom stereocenters. The number of hydrogen-bond donors (Lipinski definition) is 3. The summed E-state index contributed by atoms with van der Waals surface area (Å²) in [6.07, 6.45) is 3.78. The van der Waals surface area contributed by atoms with Gasteiger partial charge in [0.05, 0.1) is 17.6 Å². The van der Waals surface area contributed by atoms with E-state index in [-0.39, 0.29) is 5.60 Å². The van der Waals surface area contributed by atoms with Crippen LogP contribution in [-0.2, 0) is 13.0 Å². The van der Waals surface area contributed by atoms with Gasteiger partial charge in [0.25, 0.3) is 5.91 Å². The third kappa shape index (κ3) is 3.47. The van der Waals surface area contributed by atoms with Gasteiger partial charge in [-0.25, -0.2) is 10.5 Å². The average Bonchev–Trinajstić information content (AvgIpc) is 3.17. The number of fused-ring (bicyclic) bond motifs is 2. The molecule has 7 heteroatoms. The van der Waals surface area contributed by atoms with E-state index in [9.17, 15) is 4.79 Å². The molecule has 7 nitrogen and oxygen atoms in total. The van der Waals surface area contributed by atoms with Crippen molar-refractivity contribution in [2.45, 2.75) is 37.8 Å². The summed E-state index contributed by atoms with van der Waals surface area (Å²) in [5.41, 5.74) is 5.13. The number of aromatic nitrogens is 2. The average molecular weight is 392 g/mol. The second kappa shape index (κ2) is 7.17. The zero-order valence-corrected chi connectivity index (χ0v) is 16.1. The van der Waals surface area contributed by atoms with Gasteiger partial charge in [-0.2, -0.15) is 0 Å². The minimum atomic E-state index is -0.494. The van der Waals surface area contributed by atoms with Gasteiger partial charge in [-0.1, -0.05) is 12.1 Å². The Labute approximate surface area is 168 Å². The van der Waals surface area contributed by atoms with Gasteiger partial charge in [-0.3, -0.25) is 14.9 Å². The van der Waals surface area contributed by atoms with E-state index in [2.05, 4.69) is 16.0 Å². The van der Waals surface area contributed by atoms with Crippen molar-refractivity contribution in [1.82, 2.24) is 20.3 Å². The SMILES string of the molecule is O=C(NO)c1ccc2c(c1)CCC1(CCN(Cc3nc4ccccc4[nH]3)CC1)O2. The number of hydrogen-bond acceptors (Lipinski definition) is 5. The molecule has 0 saturated carbocycles. The lowest BCUT2D eigenvalue weighted by Gasteiger charge is -2.44. The Hall–Kier alpha value is -2.90. The topological polar surface area (TPSA) is 90.5 Å². The van der Waals surface area contributed by atoms with Crippen molar-refractivity contribution in [2.75, 3.05) is 13.1 Å². The number of carbonyl (C=O) groups is 1. The number of para-hydroxylation sites is 2. The molecule has 0 radical (unpaired) electrons. The van der Waals surface area contributed by atoms with E-state index in [0.717, 1.165) is 73.5 Å². The van der Waals surface area contributed by atoms with E-state index in [1.165, 1.54) is 0 Å². The maximum absolute atomic E-state index is 11.6. The van der Waals surface area contributed by atoms with Crippen LogP contribution in [0.25, 0.3) is 11.0 Å². The van der Waals surface area contributed by atoms with E-state index >= 15 is 0 Å². The van der Waals surface area contributed by atoms with Gasteiger partial charge in [0.1, 0.15) is 17.2 Å². The van der Waals surface area contributed by atoms with Gasteiger partial charge >= 0.3 is 0 Å². The van der Waals surface area contributed by atoms with Crippen LogP contribution >= 0.6 is 0 Å². The molecule has 2 aliphatic rings. The standard InChI is InChI=1S/C22H24N4O3/c27-21(25-28)16-5-6-19-15(13-16)7-8-22(29-19)9-11-26(12-10-22)14-20-23-17-3-1-2-4-18(17)24-20/h1-6,13,28H,7-12,14H2,(H,23,24)(H,25,27). The van der Waals surface area contributed by atoms with Crippen molar-refractivity contribution < 1.29 is 14.7 Å². The summed E-state index contributed by atoms with van der Waals surface area (Å²) in [5.74, 6) is 1.37. The van der Waals surface area contributed by atoms with Gasteiger partial charge in [0.15, 0.2) is 0 Å². The van der Waals surface area contributed by atoms with Crippen LogP contribution in [0.15, 0.2) is 42.5 Å². The number of aromatic amines is 1. The maximum atomic E-state index is 11.6. The molecule has 150 valence electrons. The highest BCUT2D eigenvalue weighted by atomic mass is 16.5. The van der Waals surface area contributed by atoms with Crippen molar-refractivity contribution in [3.8, 4) is 5.75 Å². The highest BCUT2D eigenvalue weighted by molar-refractivity contribution is 5.93. The monoisotopic (exact) mass is 392 g/mol. The Balaban J connectivity index is 1.24. The number of aryl methyl sites for hydroxylation is 1. The van der Waals surface area contributed by atoms with Crippen LogP contribution in [0.4, 0.5) is 0 Å². The van der Waals surface area contributed by atoms with Crippen LogP contribution < -0.4 is 10.2 Å². The number of imidazole rings is 1.